The molecule has 8 nitrogen and oxygen atoms in total. The summed E-state index contributed by atoms with van der Waals surface area (Å²) in [4.78, 5) is 34.6. The fourth-order valence-corrected chi connectivity index (χ4v) is 4.05. The Kier molecular flexibility index (Phi) is 6.51. The maximum absolute atomic E-state index is 11.7. The summed E-state index contributed by atoms with van der Waals surface area (Å²) in [5.41, 5.74) is 1.05. The largest absolute Gasteiger partial charge is 0.465 e. The van der Waals surface area contributed by atoms with E-state index in [1.165, 1.54) is 13.2 Å². The number of carbonyl (C=O) groups is 3. The lowest BCUT2D eigenvalue weighted by Crippen LogP contribution is -2.38. The monoisotopic (exact) mass is 381 g/mol. The first-order valence-electron chi connectivity index (χ1n) is 7.82. The van der Waals surface area contributed by atoms with E-state index in [0.717, 1.165) is 6.08 Å². The summed E-state index contributed by atoms with van der Waals surface area (Å²) >= 11 is 0. The molecule has 1 aromatic carbocycles. The fraction of sp³-hybridized carbons (Fsp3) is 0.353. The molecule has 1 aliphatic rings. The van der Waals surface area contributed by atoms with Gasteiger partial charge in [0.15, 0.2) is 16.4 Å². The summed E-state index contributed by atoms with van der Waals surface area (Å²) in [5.74, 6) is -1.75. The van der Waals surface area contributed by atoms with Crippen LogP contribution in [0.15, 0.2) is 30.3 Å². The van der Waals surface area contributed by atoms with Crippen molar-refractivity contribution in [1.82, 2.24) is 5.32 Å². The van der Waals surface area contributed by atoms with Crippen LogP contribution >= 0.6 is 0 Å². The summed E-state index contributed by atoms with van der Waals surface area (Å²) in [5, 5.41) is 2.52. The molecule has 2 rings (SSSR count). The summed E-state index contributed by atoms with van der Waals surface area (Å²) < 4.78 is 32.0. The van der Waals surface area contributed by atoms with Crippen molar-refractivity contribution in [3.63, 3.8) is 0 Å². The van der Waals surface area contributed by atoms with Crippen molar-refractivity contribution in [2.24, 2.45) is 0 Å². The molecule has 140 valence electrons. The van der Waals surface area contributed by atoms with Gasteiger partial charge < -0.3 is 14.8 Å². The molecule has 1 saturated heterocycles. The highest BCUT2D eigenvalue weighted by molar-refractivity contribution is 7.91. The molecule has 1 aliphatic heterocycles. The minimum Gasteiger partial charge on any atom is -0.465 e. The Hall–Kier alpha value is -2.68. The predicted octanol–water partition coefficient (Wildman–Crippen LogP) is 0.333. The van der Waals surface area contributed by atoms with Crippen LogP contribution in [-0.4, -0.2) is 57.5 Å². The van der Waals surface area contributed by atoms with Crippen LogP contribution in [0.5, 0.6) is 0 Å². The Balaban J connectivity index is 1.76. The van der Waals surface area contributed by atoms with Crippen molar-refractivity contribution in [2.45, 2.75) is 12.5 Å². The van der Waals surface area contributed by atoms with Gasteiger partial charge in [-0.2, -0.15) is 0 Å². The number of amides is 1. The van der Waals surface area contributed by atoms with Gasteiger partial charge in [0.2, 0.25) is 0 Å². The molecule has 1 aromatic rings. The molecule has 0 spiro atoms. The van der Waals surface area contributed by atoms with Crippen LogP contribution in [0.4, 0.5) is 0 Å². The van der Waals surface area contributed by atoms with E-state index < -0.39 is 40.3 Å². The van der Waals surface area contributed by atoms with Crippen molar-refractivity contribution in [3.8, 4) is 0 Å². The molecule has 1 N–H and O–H groups in total. The minimum atomic E-state index is -3.08. The molecule has 0 saturated carbocycles. The van der Waals surface area contributed by atoms with Crippen LogP contribution < -0.4 is 5.32 Å². The van der Waals surface area contributed by atoms with E-state index in [2.05, 4.69) is 10.1 Å². The molecule has 1 heterocycles. The molecule has 9 heteroatoms. The average Bonchev–Trinajstić information content (AvgIpc) is 2.96. The van der Waals surface area contributed by atoms with Crippen molar-refractivity contribution >= 4 is 33.8 Å². The van der Waals surface area contributed by atoms with E-state index in [0.29, 0.717) is 17.5 Å². The Morgan fingerprint density at radius 3 is 2.50 bits per heavy atom. The number of sulfone groups is 1. The zero-order valence-electron chi connectivity index (χ0n) is 14.1. The number of methoxy groups -OCH3 is 1. The summed E-state index contributed by atoms with van der Waals surface area (Å²) in [6.07, 6.45) is 2.99. The number of hydrogen-bond donors (Lipinski definition) is 1. The third-order valence-corrected chi connectivity index (χ3v) is 5.45. The molecule has 0 aliphatic carbocycles. The first kappa shape index (κ1) is 19.6. The number of ether oxygens (including phenoxy) is 2. The topological polar surface area (TPSA) is 116 Å². The first-order chi connectivity index (χ1) is 12.3. The van der Waals surface area contributed by atoms with Crippen molar-refractivity contribution in [2.75, 3.05) is 25.2 Å². The highest BCUT2D eigenvalue weighted by Crippen LogP contribution is 2.11. The van der Waals surface area contributed by atoms with Gasteiger partial charge in [-0.25, -0.2) is 18.0 Å². The van der Waals surface area contributed by atoms with Crippen LogP contribution in [0.3, 0.4) is 0 Å². The van der Waals surface area contributed by atoms with E-state index in [9.17, 15) is 22.8 Å². The van der Waals surface area contributed by atoms with Crippen molar-refractivity contribution < 1.29 is 32.3 Å². The van der Waals surface area contributed by atoms with Gasteiger partial charge in [-0.15, -0.1) is 0 Å². The molecule has 1 fully saturated rings. The van der Waals surface area contributed by atoms with E-state index in [1.807, 2.05) is 0 Å². The second-order valence-corrected chi connectivity index (χ2v) is 7.95. The number of rotatable bonds is 6. The minimum absolute atomic E-state index is 0.0508. The lowest BCUT2D eigenvalue weighted by molar-refractivity contribution is -0.143. The van der Waals surface area contributed by atoms with Gasteiger partial charge in [0.05, 0.1) is 24.2 Å². The lowest BCUT2D eigenvalue weighted by atomic mass is 10.1. The number of hydrogen-bond acceptors (Lipinski definition) is 7. The van der Waals surface area contributed by atoms with Crippen LogP contribution in [0.1, 0.15) is 22.3 Å². The smallest absolute Gasteiger partial charge is 0.337 e. The Morgan fingerprint density at radius 1 is 1.23 bits per heavy atom. The summed E-state index contributed by atoms with van der Waals surface area (Å²) in [6.45, 7) is -0.485. The Labute approximate surface area is 151 Å². The summed E-state index contributed by atoms with van der Waals surface area (Å²) in [6, 6.07) is 5.93. The van der Waals surface area contributed by atoms with Gasteiger partial charge >= 0.3 is 11.9 Å². The summed E-state index contributed by atoms with van der Waals surface area (Å²) in [7, 11) is -1.80. The highest BCUT2D eigenvalue weighted by Gasteiger charge is 2.28. The maximum Gasteiger partial charge on any atom is 0.337 e. The number of carbonyl (C=O) groups excluding carboxylic acids is 3. The number of esters is 2. The standard InChI is InChI=1S/C17H19NO7S/c1-24-17(21)13-5-2-12(3-6-13)4-7-16(20)25-10-15(19)18-14-8-9-26(22,23)11-14/h2-7,14H,8-11H2,1H3,(H,18,19)/b7-4+/t14-/m1/s1. The van der Waals surface area contributed by atoms with E-state index in [4.69, 9.17) is 4.74 Å². The second-order valence-electron chi connectivity index (χ2n) is 5.72. The third kappa shape index (κ3) is 5.99. The molecule has 0 radical (unpaired) electrons. The fourth-order valence-electron chi connectivity index (χ4n) is 2.38. The van der Waals surface area contributed by atoms with Crippen LogP contribution in [0.2, 0.25) is 0 Å². The van der Waals surface area contributed by atoms with Crippen molar-refractivity contribution in [1.29, 1.82) is 0 Å². The van der Waals surface area contributed by atoms with E-state index in [1.54, 1.807) is 24.3 Å². The van der Waals surface area contributed by atoms with Gasteiger partial charge in [-0.05, 0) is 30.2 Å². The molecule has 1 atom stereocenters. The molecule has 0 bridgehead atoms. The highest BCUT2D eigenvalue weighted by atomic mass is 32.2. The molecular weight excluding hydrogens is 362 g/mol. The van der Waals surface area contributed by atoms with Gasteiger partial charge in [0.1, 0.15) is 0 Å². The zero-order valence-corrected chi connectivity index (χ0v) is 15.0. The maximum atomic E-state index is 11.7. The van der Waals surface area contributed by atoms with Gasteiger partial charge in [0.25, 0.3) is 5.91 Å². The first-order valence-corrected chi connectivity index (χ1v) is 9.64. The second kappa shape index (κ2) is 8.61. The number of benzene rings is 1. The third-order valence-electron chi connectivity index (χ3n) is 3.69. The molecule has 1 amide bonds. The van der Waals surface area contributed by atoms with Crippen molar-refractivity contribution in [3.05, 3.63) is 41.5 Å². The Morgan fingerprint density at radius 2 is 1.92 bits per heavy atom. The Bertz CT molecular complexity index is 812. The molecular formula is C17H19NO7S. The predicted molar refractivity (Wildman–Crippen MR) is 93.0 cm³/mol. The van der Waals surface area contributed by atoms with Crippen LogP contribution in [-0.2, 0) is 28.9 Å². The van der Waals surface area contributed by atoms with Gasteiger partial charge in [-0.1, -0.05) is 12.1 Å². The van der Waals surface area contributed by atoms with E-state index in [-0.39, 0.29) is 11.5 Å². The average molecular weight is 381 g/mol. The SMILES string of the molecule is COC(=O)c1ccc(/C=C/C(=O)OCC(=O)N[C@@H]2CCS(=O)(=O)C2)cc1. The van der Waals surface area contributed by atoms with Gasteiger partial charge in [0, 0.05) is 12.1 Å². The lowest BCUT2D eigenvalue weighted by Gasteiger charge is -2.10. The van der Waals surface area contributed by atoms with Gasteiger partial charge in [-0.3, -0.25) is 4.79 Å². The number of nitrogens with one attached hydrogen (secondary N) is 1. The van der Waals surface area contributed by atoms with E-state index >= 15 is 0 Å². The molecule has 0 aromatic heterocycles. The zero-order chi connectivity index (χ0) is 19.2. The molecule has 26 heavy (non-hydrogen) atoms. The quantitative estimate of drug-likeness (QED) is 0.558. The molecule has 0 unspecified atom stereocenters. The normalized spacial score (nSPS) is 18.4. The van der Waals surface area contributed by atoms with Crippen LogP contribution in [0, 0.1) is 0 Å². The van der Waals surface area contributed by atoms with Crippen LogP contribution in [0.25, 0.3) is 6.08 Å².